The summed E-state index contributed by atoms with van der Waals surface area (Å²) >= 11 is 0. The third-order valence-electron chi connectivity index (χ3n) is 2.33. The van der Waals surface area contributed by atoms with Gasteiger partial charge in [0.1, 0.15) is 17.9 Å². The van der Waals surface area contributed by atoms with Gasteiger partial charge >= 0.3 is 0 Å². The van der Waals surface area contributed by atoms with Crippen molar-refractivity contribution in [2.75, 3.05) is 18.9 Å². The fraction of sp³-hybridized carbons (Fsp3) is 0.364. The zero-order valence-corrected chi connectivity index (χ0v) is 8.27. The van der Waals surface area contributed by atoms with Crippen molar-refractivity contribution in [1.82, 2.24) is 0 Å². The Labute approximate surface area is 88.2 Å². The van der Waals surface area contributed by atoms with Crippen LogP contribution in [0.2, 0.25) is 0 Å². The molecule has 1 fully saturated rings. The molecule has 1 atom stereocenters. The van der Waals surface area contributed by atoms with E-state index in [1.54, 1.807) is 18.2 Å². The Bertz CT molecular complexity index is 392. The van der Waals surface area contributed by atoms with E-state index in [2.05, 4.69) is 0 Å². The van der Waals surface area contributed by atoms with Crippen LogP contribution in [0.25, 0.3) is 0 Å². The Morgan fingerprint density at radius 2 is 2.40 bits per heavy atom. The first kappa shape index (κ1) is 9.81. The molecule has 4 heteroatoms. The molecule has 1 aromatic rings. The second-order valence-corrected chi connectivity index (χ2v) is 3.46. The minimum absolute atomic E-state index is 0.109. The van der Waals surface area contributed by atoms with Gasteiger partial charge in [0.15, 0.2) is 0 Å². The van der Waals surface area contributed by atoms with Gasteiger partial charge in [-0.1, -0.05) is 0 Å². The zero-order valence-electron chi connectivity index (χ0n) is 8.27. The molecule has 0 aromatic heterocycles. The van der Waals surface area contributed by atoms with E-state index < -0.39 is 0 Å². The Balaban J connectivity index is 2.09. The molecule has 0 spiro atoms. The largest absolute Gasteiger partial charge is 0.488 e. The third-order valence-corrected chi connectivity index (χ3v) is 2.33. The number of hydrogen-bond donors (Lipinski definition) is 1. The van der Waals surface area contributed by atoms with E-state index in [0.717, 1.165) is 13.0 Å². The molecule has 0 bridgehead atoms. The Morgan fingerprint density at radius 3 is 3.00 bits per heavy atom. The van der Waals surface area contributed by atoms with Crippen molar-refractivity contribution < 1.29 is 9.47 Å². The van der Waals surface area contributed by atoms with Crippen LogP contribution in [-0.2, 0) is 4.74 Å². The lowest BCUT2D eigenvalue weighted by Crippen LogP contribution is -2.15. The van der Waals surface area contributed by atoms with E-state index in [-0.39, 0.29) is 6.10 Å². The second-order valence-electron chi connectivity index (χ2n) is 3.46. The summed E-state index contributed by atoms with van der Waals surface area (Å²) in [6.07, 6.45) is 1.01. The molecular formula is C11H12N2O2. The highest BCUT2D eigenvalue weighted by Crippen LogP contribution is 2.22. The number of nitriles is 1. The first-order valence-electron chi connectivity index (χ1n) is 4.83. The van der Waals surface area contributed by atoms with Gasteiger partial charge in [-0.3, -0.25) is 0 Å². The van der Waals surface area contributed by atoms with Crippen LogP contribution in [0, 0.1) is 11.3 Å². The van der Waals surface area contributed by atoms with Crippen LogP contribution < -0.4 is 10.5 Å². The summed E-state index contributed by atoms with van der Waals surface area (Å²) in [4.78, 5) is 0. The summed E-state index contributed by atoms with van der Waals surface area (Å²) in [5.41, 5.74) is 6.60. The van der Waals surface area contributed by atoms with E-state index in [9.17, 15) is 0 Å². The molecule has 4 nitrogen and oxygen atoms in total. The molecule has 78 valence electrons. The van der Waals surface area contributed by atoms with Crippen molar-refractivity contribution in [2.45, 2.75) is 12.5 Å². The van der Waals surface area contributed by atoms with Crippen LogP contribution in [0.5, 0.6) is 5.75 Å². The van der Waals surface area contributed by atoms with Crippen molar-refractivity contribution in [3.8, 4) is 11.8 Å². The molecule has 0 aliphatic carbocycles. The maximum atomic E-state index is 8.70. The van der Waals surface area contributed by atoms with Gasteiger partial charge in [-0.25, -0.2) is 0 Å². The predicted molar refractivity (Wildman–Crippen MR) is 55.4 cm³/mol. The monoisotopic (exact) mass is 204 g/mol. The third kappa shape index (κ3) is 2.20. The lowest BCUT2D eigenvalue weighted by atomic mass is 10.2. The van der Waals surface area contributed by atoms with Gasteiger partial charge in [0.05, 0.1) is 24.5 Å². The van der Waals surface area contributed by atoms with Crippen LogP contribution in [-0.4, -0.2) is 19.3 Å². The van der Waals surface area contributed by atoms with Gasteiger partial charge in [0, 0.05) is 12.5 Å². The van der Waals surface area contributed by atoms with Crippen LogP contribution in [0.15, 0.2) is 18.2 Å². The Hall–Kier alpha value is -1.73. The highest BCUT2D eigenvalue weighted by Gasteiger charge is 2.17. The molecule has 0 saturated carbocycles. The van der Waals surface area contributed by atoms with E-state index in [1.807, 2.05) is 6.07 Å². The lowest BCUT2D eigenvalue weighted by Gasteiger charge is -2.12. The maximum Gasteiger partial charge on any atom is 0.124 e. The highest BCUT2D eigenvalue weighted by atomic mass is 16.5. The molecule has 0 amide bonds. The summed E-state index contributed by atoms with van der Waals surface area (Å²) < 4.78 is 10.8. The van der Waals surface area contributed by atoms with Crippen molar-refractivity contribution in [3.05, 3.63) is 23.8 Å². The molecule has 2 rings (SSSR count). The van der Waals surface area contributed by atoms with Crippen LogP contribution in [0.3, 0.4) is 0 Å². The number of ether oxygens (including phenoxy) is 2. The van der Waals surface area contributed by atoms with E-state index in [0.29, 0.717) is 23.6 Å². The molecule has 2 N–H and O–H groups in total. The summed E-state index contributed by atoms with van der Waals surface area (Å²) in [5, 5.41) is 8.70. The summed E-state index contributed by atoms with van der Waals surface area (Å²) in [7, 11) is 0. The van der Waals surface area contributed by atoms with Gasteiger partial charge in [0.2, 0.25) is 0 Å². The lowest BCUT2D eigenvalue weighted by molar-refractivity contribution is 0.141. The highest BCUT2D eigenvalue weighted by molar-refractivity contribution is 5.57. The fourth-order valence-electron chi connectivity index (χ4n) is 1.51. The van der Waals surface area contributed by atoms with E-state index in [1.165, 1.54) is 0 Å². The minimum Gasteiger partial charge on any atom is -0.488 e. The van der Waals surface area contributed by atoms with Gasteiger partial charge in [-0.05, 0) is 12.1 Å². The standard InChI is InChI=1S/C11H12N2O2/c12-6-8-1-2-9(5-11(8)13)15-10-3-4-14-7-10/h1-2,5,10H,3-4,7,13H2. The molecule has 1 aromatic carbocycles. The molecule has 1 aliphatic heterocycles. The maximum absolute atomic E-state index is 8.70. The number of hydrogen-bond acceptors (Lipinski definition) is 4. The number of anilines is 1. The van der Waals surface area contributed by atoms with E-state index in [4.69, 9.17) is 20.5 Å². The second kappa shape index (κ2) is 4.20. The van der Waals surface area contributed by atoms with Crippen molar-refractivity contribution >= 4 is 5.69 Å². The minimum atomic E-state index is 0.109. The number of rotatable bonds is 2. The number of nitrogens with two attached hydrogens (primary N) is 1. The van der Waals surface area contributed by atoms with Crippen LogP contribution >= 0.6 is 0 Å². The van der Waals surface area contributed by atoms with Gasteiger partial charge in [-0.15, -0.1) is 0 Å². The molecule has 1 saturated heterocycles. The average molecular weight is 204 g/mol. The van der Waals surface area contributed by atoms with E-state index >= 15 is 0 Å². The normalized spacial score (nSPS) is 19.8. The van der Waals surface area contributed by atoms with Crippen molar-refractivity contribution in [3.63, 3.8) is 0 Å². The van der Waals surface area contributed by atoms with Gasteiger partial charge in [-0.2, -0.15) is 5.26 Å². The predicted octanol–water partition coefficient (Wildman–Crippen LogP) is 1.31. The topological polar surface area (TPSA) is 68.3 Å². The summed E-state index contributed by atoms with van der Waals surface area (Å²) in [6.45, 7) is 1.37. The number of nitrogens with zero attached hydrogens (tertiary/aromatic N) is 1. The van der Waals surface area contributed by atoms with Gasteiger partial charge < -0.3 is 15.2 Å². The average Bonchev–Trinajstić information content (AvgIpc) is 2.71. The summed E-state index contributed by atoms with van der Waals surface area (Å²) in [6, 6.07) is 7.11. The van der Waals surface area contributed by atoms with Crippen LogP contribution in [0.1, 0.15) is 12.0 Å². The number of nitrogen functional groups attached to an aromatic ring is 1. The molecule has 15 heavy (non-hydrogen) atoms. The first-order chi connectivity index (χ1) is 7.29. The SMILES string of the molecule is N#Cc1ccc(OC2CCOC2)cc1N. The van der Waals surface area contributed by atoms with Gasteiger partial charge in [0.25, 0.3) is 0 Å². The summed E-state index contributed by atoms with van der Waals surface area (Å²) in [5.74, 6) is 0.696. The quantitative estimate of drug-likeness (QED) is 0.737. The van der Waals surface area contributed by atoms with Crippen molar-refractivity contribution in [1.29, 1.82) is 5.26 Å². The zero-order chi connectivity index (χ0) is 10.7. The smallest absolute Gasteiger partial charge is 0.124 e. The van der Waals surface area contributed by atoms with Crippen molar-refractivity contribution in [2.24, 2.45) is 0 Å². The molecular weight excluding hydrogens is 192 g/mol. The van der Waals surface area contributed by atoms with Crippen LogP contribution in [0.4, 0.5) is 5.69 Å². The fourth-order valence-corrected chi connectivity index (χ4v) is 1.51. The molecule has 1 aliphatic rings. The molecule has 0 radical (unpaired) electrons. The number of benzene rings is 1. The Kier molecular flexibility index (Phi) is 2.75. The molecule has 1 unspecified atom stereocenters. The molecule has 1 heterocycles. The Morgan fingerprint density at radius 1 is 1.53 bits per heavy atom. The first-order valence-corrected chi connectivity index (χ1v) is 4.83.